The number of carbonyl (C=O) groups excluding carboxylic acids is 2. The Morgan fingerprint density at radius 1 is 1.32 bits per heavy atom. The lowest BCUT2D eigenvalue weighted by Crippen LogP contribution is -2.36. The van der Waals surface area contributed by atoms with E-state index in [1.807, 2.05) is 13.8 Å². The number of fused-ring (bicyclic) bond motifs is 1. The first-order valence-corrected chi connectivity index (χ1v) is 8.32. The molecule has 1 aliphatic heterocycles. The zero-order chi connectivity index (χ0) is 16.5. The molecule has 0 aromatic carbocycles. The zero-order valence-electron chi connectivity index (χ0n) is 13.6. The summed E-state index contributed by atoms with van der Waals surface area (Å²) in [7, 11) is 0. The van der Waals surface area contributed by atoms with Crippen LogP contribution < -0.4 is 0 Å². The van der Waals surface area contributed by atoms with E-state index < -0.39 is 17.6 Å². The average molecular weight is 316 g/mol. The highest BCUT2D eigenvalue weighted by atomic mass is 19.3. The summed E-state index contributed by atoms with van der Waals surface area (Å²) in [5.74, 6) is -4.88. The van der Waals surface area contributed by atoms with Crippen molar-refractivity contribution in [1.29, 1.82) is 0 Å². The third kappa shape index (κ3) is 3.66. The fourth-order valence-corrected chi connectivity index (χ4v) is 3.94. The van der Waals surface area contributed by atoms with Crippen LogP contribution in [0.25, 0.3) is 0 Å². The van der Waals surface area contributed by atoms with Crippen LogP contribution in [0.3, 0.4) is 0 Å². The average Bonchev–Trinajstić information content (AvgIpc) is 2.94. The van der Waals surface area contributed by atoms with Crippen molar-refractivity contribution >= 4 is 11.8 Å². The normalized spacial score (nSPS) is 29.5. The second-order valence-electron chi connectivity index (χ2n) is 7.35. The van der Waals surface area contributed by atoms with Crippen LogP contribution in [0.5, 0.6) is 0 Å². The summed E-state index contributed by atoms with van der Waals surface area (Å²) in [6.07, 6.45) is 2.68. The highest BCUT2D eigenvalue weighted by Gasteiger charge is 2.47. The quantitative estimate of drug-likeness (QED) is 0.667. The minimum atomic E-state index is -3.25. The molecule has 0 N–H and O–H groups in total. The number of ketones is 1. The molecule has 2 fully saturated rings. The summed E-state index contributed by atoms with van der Waals surface area (Å²) >= 11 is 0. The monoisotopic (exact) mass is 316 g/mol. The van der Waals surface area contributed by atoms with Gasteiger partial charge in [-0.3, -0.25) is 9.59 Å². The van der Waals surface area contributed by atoms with Crippen molar-refractivity contribution in [3.8, 4) is 0 Å². The van der Waals surface area contributed by atoms with Crippen LogP contribution in [0.1, 0.15) is 59.3 Å². The lowest BCUT2D eigenvalue weighted by molar-refractivity contribution is -0.151. The lowest BCUT2D eigenvalue weighted by atomic mass is 9.85. The topological polar surface area (TPSA) is 43.4 Å². The van der Waals surface area contributed by atoms with E-state index in [4.69, 9.17) is 4.74 Å². The van der Waals surface area contributed by atoms with Gasteiger partial charge in [-0.05, 0) is 37.5 Å². The third-order valence-electron chi connectivity index (χ3n) is 5.15. The minimum absolute atomic E-state index is 0.0482. The molecule has 0 aromatic rings. The smallest absolute Gasteiger partial charge is 0.307 e. The van der Waals surface area contributed by atoms with Gasteiger partial charge in [0.25, 0.3) is 0 Å². The molecule has 4 atom stereocenters. The number of esters is 1. The summed E-state index contributed by atoms with van der Waals surface area (Å²) in [5, 5.41) is 0. The maximum absolute atomic E-state index is 14.1. The molecule has 1 aliphatic carbocycles. The largest absolute Gasteiger partial charge is 0.462 e. The molecule has 0 bridgehead atoms. The Labute approximate surface area is 130 Å². The van der Waals surface area contributed by atoms with Crippen LogP contribution in [0.4, 0.5) is 8.78 Å². The van der Waals surface area contributed by atoms with E-state index in [9.17, 15) is 18.4 Å². The maximum Gasteiger partial charge on any atom is 0.307 e. The van der Waals surface area contributed by atoms with Crippen LogP contribution >= 0.6 is 0 Å². The molecular weight excluding hydrogens is 290 g/mol. The van der Waals surface area contributed by atoms with Crippen LogP contribution in [0, 0.1) is 23.7 Å². The van der Waals surface area contributed by atoms with Gasteiger partial charge in [-0.25, -0.2) is 0 Å². The number of carbonyl (C=O) groups is 2. The summed E-state index contributed by atoms with van der Waals surface area (Å²) in [5.41, 5.74) is 0. The molecule has 22 heavy (non-hydrogen) atoms. The predicted molar refractivity (Wildman–Crippen MR) is 78.5 cm³/mol. The van der Waals surface area contributed by atoms with Crippen molar-refractivity contribution in [2.75, 3.05) is 0 Å². The van der Waals surface area contributed by atoms with Crippen LogP contribution in [-0.4, -0.2) is 23.8 Å². The number of ether oxygens (including phenoxy) is 1. The molecule has 2 aliphatic rings. The second kappa shape index (κ2) is 6.63. The number of hydrogen-bond acceptors (Lipinski definition) is 3. The third-order valence-corrected chi connectivity index (χ3v) is 5.15. The SMILES string of the molecule is CC(C)C[C@@H](C)C(F)(F)C(=O)CC[C@H]1CC[C@@H]2OC(=O)C[C@H]12. The molecule has 0 spiro atoms. The first kappa shape index (κ1) is 17.4. The molecule has 0 amide bonds. The number of alkyl halides is 2. The first-order chi connectivity index (χ1) is 10.2. The van der Waals surface area contributed by atoms with Crippen molar-refractivity contribution in [1.82, 2.24) is 0 Å². The fourth-order valence-electron chi connectivity index (χ4n) is 3.94. The number of hydrogen-bond donors (Lipinski definition) is 0. The fraction of sp³-hybridized carbons (Fsp3) is 0.882. The van der Waals surface area contributed by atoms with E-state index in [-0.39, 0.29) is 36.2 Å². The van der Waals surface area contributed by atoms with E-state index in [2.05, 4.69) is 0 Å². The Balaban J connectivity index is 1.85. The van der Waals surface area contributed by atoms with Gasteiger partial charge in [-0.15, -0.1) is 0 Å². The maximum atomic E-state index is 14.1. The Bertz CT molecular complexity index is 434. The van der Waals surface area contributed by atoms with Crippen molar-refractivity contribution < 1.29 is 23.1 Å². The molecule has 1 saturated carbocycles. The Morgan fingerprint density at radius 3 is 2.64 bits per heavy atom. The lowest BCUT2D eigenvalue weighted by Gasteiger charge is -2.24. The number of Topliss-reactive ketones (excluding diaryl/α,β-unsaturated/α-hetero) is 1. The van der Waals surface area contributed by atoms with Gasteiger partial charge in [0.15, 0.2) is 0 Å². The minimum Gasteiger partial charge on any atom is -0.462 e. The first-order valence-electron chi connectivity index (χ1n) is 8.32. The Kier molecular flexibility index (Phi) is 5.23. The van der Waals surface area contributed by atoms with E-state index >= 15 is 0 Å². The standard InChI is InChI=1S/C17H26F2O3/c1-10(2)8-11(3)17(18,19)15(20)7-5-12-4-6-14-13(12)9-16(21)22-14/h10-14H,4-9H2,1-3H3/t11-,12-,13-,14+/m1/s1. The Hall–Kier alpha value is -1.00. The molecule has 2 rings (SSSR count). The molecule has 126 valence electrons. The van der Waals surface area contributed by atoms with Gasteiger partial charge in [0.05, 0.1) is 6.42 Å². The highest BCUT2D eigenvalue weighted by Crippen LogP contribution is 2.43. The molecule has 5 heteroatoms. The summed E-state index contributed by atoms with van der Waals surface area (Å²) in [6.45, 7) is 5.21. The van der Waals surface area contributed by atoms with Gasteiger partial charge in [0, 0.05) is 18.3 Å². The van der Waals surface area contributed by atoms with Gasteiger partial charge in [0.1, 0.15) is 6.10 Å². The molecule has 1 heterocycles. The summed E-state index contributed by atoms with van der Waals surface area (Å²) < 4.78 is 33.5. The molecule has 0 unspecified atom stereocenters. The number of rotatable bonds is 7. The van der Waals surface area contributed by atoms with Crippen molar-refractivity contribution in [2.24, 2.45) is 23.7 Å². The van der Waals surface area contributed by atoms with Gasteiger partial charge >= 0.3 is 11.9 Å². The van der Waals surface area contributed by atoms with E-state index in [0.717, 1.165) is 12.8 Å². The van der Waals surface area contributed by atoms with Gasteiger partial charge in [-0.2, -0.15) is 8.78 Å². The predicted octanol–water partition coefficient (Wildman–Crippen LogP) is 3.99. The van der Waals surface area contributed by atoms with Crippen LogP contribution in [0.15, 0.2) is 0 Å². The van der Waals surface area contributed by atoms with Gasteiger partial charge < -0.3 is 4.74 Å². The summed E-state index contributed by atoms with van der Waals surface area (Å²) in [6, 6.07) is 0. The van der Waals surface area contributed by atoms with Gasteiger partial charge in [-0.1, -0.05) is 20.8 Å². The second-order valence-corrected chi connectivity index (χ2v) is 7.35. The van der Waals surface area contributed by atoms with E-state index in [1.165, 1.54) is 6.92 Å². The van der Waals surface area contributed by atoms with Crippen molar-refractivity contribution in [3.63, 3.8) is 0 Å². The molecular formula is C17H26F2O3. The molecule has 1 saturated heterocycles. The summed E-state index contributed by atoms with van der Waals surface area (Å²) in [4.78, 5) is 23.2. The highest BCUT2D eigenvalue weighted by molar-refractivity contribution is 5.85. The molecule has 3 nitrogen and oxygen atoms in total. The van der Waals surface area contributed by atoms with E-state index in [0.29, 0.717) is 19.3 Å². The van der Waals surface area contributed by atoms with Crippen molar-refractivity contribution in [2.45, 2.75) is 71.3 Å². The van der Waals surface area contributed by atoms with Crippen molar-refractivity contribution in [3.05, 3.63) is 0 Å². The van der Waals surface area contributed by atoms with Crippen LogP contribution in [0.2, 0.25) is 0 Å². The molecule has 0 aromatic heterocycles. The van der Waals surface area contributed by atoms with E-state index in [1.54, 1.807) is 0 Å². The Morgan fingerprint density at radius 2 is 2.00 bits per heavy atom. The molecule has 0 radical (unpaired) electrons. The zero-order valence-corrected chi connectivity index (χ0v) is 13.6. The van der Waals surface area contributed by atoms with Crippen LogP contribution in [-0.2, 0) is 14.3 Å². The number of halogens is 2. The van der Waals surface area contributed by atoms with Gasteiger partial charge in [0.2, 0.25) is 5.78 Å².